The van der Waals surface area contributed by atoms with Gasteiger partial charge in [0.05, 0.1) is 20.4 Å². The minimum atomic E-state index is -0.254. The minimum absolute atomic E-state index is 0.254. The molecule has 0 bridgehead atoms. The van der Waals surface area contributed by atoms with E-state index in [2.05, 4.69) is 15.4 Å². The van der Waals surface area contributed by atoms with E-state index in [1.165, 1.54) is 19.1 Å². The van der Waals surface area contributed by atoms with Crippen LogP contribution in [0.2, 0.25) is 0 Å². The first-order valence-corrected chi connectivity index (χ1v) is 8.62. The molecular weight excluding hydrogens is 330 g/mol. The Bertz CT molecular complexity index is 781. The second-order valence-corrected chi connectivity index (χ2v) is 6.02. The van der Waals surface area contributed by atoms with Crippen molar-refractivity contribution in [2.75, 3.05) is 32.2 Å². The molecular formula is C20H23N3O3. The van der Waals surface area contributed by atoms with E-state index in [0.29, 0.717) is 17.1 Å². The van der Waals surface area contributed by atoms with Crippen molar-refractivity contribution in [3.63, 3.8) is 0 Å². The van der Waals surface area contributed by atoms with E-state index in [-0.39, 0.29) is 5.91 Å². The average Bonchev–Trinajstić information content (AvgIpc) is 3.22. The van der Waals surface area contributed by atoms with Gasteiger partial charge in [-0.25, -0.2) is 5.43 Å². The number of methoxy groups -OCH3 is 2. The molecule has 1 fully saturated rings. The van der Waals surface area contributed by atoms with Crippen LogP contribution in [0.25, 0.3) is 0 Å². The van der Waals surface area contributed by atoms with Crippen LogP contribution in [-0.2, 0) is 0 Å². The van der Waals surface area contributed by atoms with Crippen molar-refractivity contribution in [2.45, 2.75) is 12.8 Å². The van der Waals surface area contributed by atoms with Crippen LogP contribution in [0.5, 0.6) is 11.5 Å². The second kappa shape index (κ2) is 8.38. The molecule has 0 atom stereocenters. The average molecular weight is 353 g/mol. The summed E-state index contributed by atoms with van der Waals surface area (Å²) in [6.45, 7) is 2.16. The largest absolute Gasteiger partial charge is 0.493 e. The summed E-state index contributed by atoms with van der Waals surface area (Å²) in [4.78, 5) is 14.6. The van der Waals surface area contributed by atoms with Gasteiger partial charge in [0.1, 0.15) is 0 Å². The molecule has 0 saturated carbocycles. The molecule has 136 valence electrons. The molecule has 0 unspecified atom stereocenters. The molecule has 2 aromatic rings. The molecule has 1 aliphatic rings. The van der Waals surface area contributed by atoms with Crippen LogP contribution in [-0.4, -0.2) is 39.4 Å². The summed E-state index contributed by atoms with van der Waals surface area (Å²) in [5, 5.41) is 4.03. The van der Waals surface area contributed by atoms with E-state index in [0.717, 1.165) is 24.3 Å². The number of hydrogen-bond donors (Lipinski definition) is 1. The molecule has 0 radical (unpaired) electrons. The number of nitrogens with zero attached hydrogens (tertiary/aromatic N) is 2. The third kappa shape index (κ3) is 3.96. The lowest BCUT2D eigenvalue weighted by atomic mass is 10.2. The Morgan fingerprint density at radius 1 is 1.08 bits per heavy atom. The molecule has 0 aromatic heterocycles. The fourth-order valence-electron chi connectivity index (χ4n) is 3.04. The van der Waals surface area contributed by atoms with Crippen LogP contribution in [0.15, 0.2) is 47.6 Å². The van der Waals surface area contributed by atoms with Crippen molar-refractivity contribution >= 4 is 17.8 Å². The van der Waals surface area contributed by atoms with Crippen LogP contribution in [0.3, 0.4) is 0 Å². The molecule has 1 N–H and O–H groups in total. The molecule has 2 aromatic carbocycles. The van der Waals surface area contributed by atoms with E-state index in [1.807, 2.05) is 36.4 Å². The summed E-state index contributed by atoms with van der Waals surface area (Å²) in [6.07, 6.45) is 3.99. The Balaban J connectivity index is 1.64. The van der Waals surface area contributed by atoms with E-state index in [9.17, 15) is 4.79 Å². The fourth-order valence-corrected chi connectivity index (χ4v) is 3.04. The molecule has 26 heavy (non-hydrogen) atoms. The van der Waals surface area contributed by atoms with Gasteiger partial charge in [-0.3, -0.25) is 4.79 Å². The van der Waals surface area contributed by atoms with Gasteiger partial charge in [0.2, 0.25) is 0 Å². The number of hydrogen-bond acceptors (Lipinski definition) is 5. The van der Waals surface area contributed by atoms with Crippen LogP contribution in [0.4, 0.5) is 5.69 Å². The summed E-state index contributed by atoms with van der Waals surface area (Å²) in [7, 11) is 3.14. The SMILES string of the molecule is COc1cccc(/C=N\NC(=O)c2ccc(N3CCCC3)cc2)c1OC. The van der Waals surface area contributed by atoms with Gasteiger partial charge in [0.25, 0.3) is 5.91 Å². The predicted molar refractivity (Wildman–Crippen MR) is 102 cm³/mol. The number of carbonyl (C=O) groups is 1. The van der Waals surface area contributed by atoms with Crippen molar-refractivity contribution in [3.8, 4) is 11.5 Å². The molecule has 3 rings (SSSR count). The number of rotatable bonds is 6. The predicted octanol–water partition coefficient (Wildman–Crippen LogP) is 3.07. The summed E-state index contributed by atoms with van der Waals surface area (Å²) < 4.78 is 10.6. The van der Waals surface area contributed by atoms with Crippen LogP contribution in [0.1, 0.15) is 28.8 Å². The van der Waals surface area contributed by atoms with Crippen molar-refractivity contribution in [2.24, 2.45) is 5.10 Å². The number of hydrazone groups is 1. The molecule has 6 nitrogen and oxygen atoms in total. The standard InChI is InChI=1S/C20H23N3O3/c1-25-18-7-5-6-16(19(18)26-2)14-21-22-20(24)15-8-10-17(11-9-15)23-12-3-4-13-23/h5-11,14H,3-4,12-13H2,1-2H3,(H,22,24)/b21-14-. The Morgan fingerprint density at radius 3 is 2.46 bits per heavy atom. The molecule has 6 heteroatoms. The van der Waals surface area contributed by atoms with Gasteiger partial charge in [-0.15, -0.1) is 0 Å². The van der Waals surface area contributed by atoms with Crippen LogP contribution < -0.4 is 19.8 Å². The van der Waals surface area contributed by atoms with Gasteiger partial charge in [-0.05, 0) is 49.2 Å². The summed E-state index contributed by atoms with van der Waals surface area (Å²) in [5.41, 5.74) is 4.99. The van der Waals surface area contributed by atoms with Gasteiger partial charge in [-0.1, -0.05) is 6.07 Å². The number of amides is 1. The lowest BCUT2D eigenvalue weighted by Gasteiger charge is -2.17. The highest BCUT2D eigenvalue weighted by molar-refractivity contribution is 5.95. The minimum Gasteiger partial charge on any atom is -0.493 e. The van der Waals surface area contributed by atoms with E-state index in [4.69, 9.17) is 9.47 Å². The van der Waals surface area contributed by atoms with Crippen LogP contribution >= 0.6 is 0 Å². The first-order valence-electron chi connectivity index (χ1n) is 8.62. The summed E-state index contributed by atoms with van der Waals surface area (Å²) in [6, 6.07) is 13.1. The quantitative estimate of drug-likeness (QED) is 0.640. The van der Waals surface area contributed by atoms with Crippen molar-refractivity contribution < 1.29 is 14.3 Å². The lowest BCUT2D eigenvalue weighted by Crippen LogP contribution is -2.19. The number of benzene rings is 2. The van der Waals surface area contributed by atoms with Crippen molar-refractivity contribution in [3.05, 3.63) is 53.6 Å². The van der Waals surface area contributed by atoms with Crippen molar-refractivity contribution in [1.82, 2.24) is 5.43 Å². The van der Waals surface area contributed by atoms with Crippen molar-refractivity contribution in [1.29, 1.82) is 0 Å². The third-order valence-corrected chi connectivity index (χ3v) is 4.40. The molecule has 0 aliphatic carbocycles. The van der Waals surface area contributed by atoms with E-state index in [1.54, 1.807) is 20.3 Å². The lowest BCUT2D eigenvalue weighted by molar-refractivity contribution is 0.0955. The number of para-hydroxylation sites is 1. The van der Waals surface area contributed by atoms with Gasteiger partial charge < -0.3 is 14.4 Å². The third-order valence-electron chi connectivity index (χ3n) is 4.40. The normalized spacial score (nSPS) is 13.8. The number of nitrogens with one attached hydrogen (secondary N) is 1. The molecule has 0 spiro atoms. The highest BCUT2D eigenvalue weighted by Crippen LogP contribution is 2.29. The Labute approximate surface area is 153 Å². The number of carbonyl (C=O) groups excluding carboxylic acids is 1. The molecule has 1 aliphatic heterocycles. The molecule has 1 saturated heterocycles. The van der Waals surface area contributed by atoms with Crippen LogP contribution in [0, 0.1) is 0 Å². The zero-order chi connectivity index (χ0) is 18.4. The smallest absolute Gasteiger partial charge is 0.271 e. The van der Waals surface area contributed by atoms with E-state index >= 15 is 0 Å². The molecule has 1 amide bonds. The van der Waals surface area contributed by atoms with E-state index < -0.39 is 0 Å². The van der Waals surface area contributed by atoms with Gasteiger partial charge >= 0.3 is 0 Å². The number of ether oxygens (including phenoxy) is 2. The Morgan fingerprint density at radius 2 is 1.81 bits per heavy atom. The molecule has 1 heterocycles. The first-order chi connectivity index (χ1) is 12.7. The maximum absolute atomic E-state index is 12.3. The summed E-state index contributed by atoms with van der Waals surface area (Å²) >= 11 is 0. The maximum Gasteiger partial charge on any atom is 0.271 e. The highest BCUT2D eigenvalue weighted by Gasteiger charge is 2.13. The Hall–Kier alpha value is -3.02. The second-order valence-electron chi connectivity index (χ2n) is 6.02. The summed E-state index contributed by atoms with van der Waals surface area (Å²) in [5.74, 6) is 0.930. The van der Waals surface area contributed by atoms with Gasteiger partial charge in [0, 0.05) is 29.9 Å². The van der Waals surface area contributed by atoms with Gasteiger partial charge in [-0.2, -0.15) is 5.10 Å². The topological polar surface area (TPSA) is 63.2 Å². The zero-order valence-electron chi connectivity index (χ0n) is 15.1. The number of anilines is 1. The zero-order valence-corrected chi connectivity index (χ0v) is 15.1. The maximum atomic E-state index is 12.3. The highest BCUT2D eigenvalue weighted by atomic mass is 16.5. The monoisotopic (exact) mass is 353 g/mol. The fraction of sp³-hybridized carbons (Fsp3) is 0.300. The van der Waals surface area contributed by atoms with Gasteiger partial charge in [0.15, 0.2) is 11.5 Å². The Kier molecular flexibility index (Phi) is 5.73. The first kappa shape index (κ1) is 17.8.